The predicted molar refractivity (Wildman–Crippen MR) is 88.6 cm³/mol. The Morgan fingerprint density at radius 2 is 2.36 bits per heavy atom. The van der Waals surface area contributed by atoms with Gasteiger partial charge in [-0.15, -0.1) is 0 Å². The third-order valence-corrected chi connectivity index (χ3v) is 4.11. The van der Waals surface area contributed by atoms with Gasteiger partial charge in [-0.2, -0.15) is 9.97 Å². The Balaban J connectivity index is 1.89. The highest BCUT2D eigenvalue weighted by Crippen LogP contribution is 2.42. The van der Waals surface area contributed by atoms with Crippen molar-refractivity contribution in [2.24, 2.45) is 0 Å². The average Bonchev–Trinajstić information content (AvgIpc) is 3.11. The maximum absolute atomic E-state index is 15.1. The maximum Gasteiger partial charge on any atom is 0.305 e. The lowest BCUT2D eigenvalue weighted by molar-refractivity contribution is -0.148. The van der Waals surface area contributed by atoms with Crippen LogP contribution >= 0.6 is 0 Å². The Labute approximate surface area is 143 Å². The highest BCUT2D eigenvalue weighted by atomic mass is 19.1. The summed E-state index contributed by atoms with van der Waals surface area (Å²) in [6.45, 7) is 3.14. The van der Waals surface area contributed by atoms with Gasteiger partial charge in [-0.05, 0) is 6.92 Å². The quantitative estimate of drug-likeness (QED) is 0.776. The van der Waals surface area contributed by atoms with Crippen molar-refractivity contribution in [2.45, 2.75) is 44.7 Å². The number of aromatic nitrogens is 4. The van der Waals surface area contributed by atoms with Crippen molar-refractivity contribution in [3.63, 3.8) is 0 Å². The number of nitrogens with two attached hydrogens (primary N) is 1. The van der Waals surface area contributed by atoms with E-state index >= 15 is 4.39 Å². The van der Waals surface area contributed by atoms with Crippen molar-refractivity contribution in [2.75, 3.05) is 24.7 Å². The minimum absolute atomic E-state index is 0.00814. The zero-order chi connectivity index (χ0) is 18.2. The molecule has 25 heavy (non-hydrogen) atoms. The van der Waals surface area contributed by atoms with Crippen LogP contribution < -0.4 is 11.1 Å². The number of rotatable bonds is 5. The molecule has 0 aromatic carbocycles. The van der Waals surface area contributed by atoms with Crippen molar-refractivity contribution in [3.05, 3.63) is 6.33 Å². The number of imidazole rings is 1. The van der Waals surface area contributed by atoms with Gasteiger partial charge >= 0.3 is 5.97 Å². The second kappa shape index (κ2) is 6.43. The van der Waals surface area contributed by atoms with Crippen molar-refractivity contribution < 1.29 is 18.7 Å². The van der Waals surface area contributed by atoms with Crippen molar-refractivity contribution in [1.82, 2.24) is 19.5 Å². The third kappa shape index (κ3) is 3.21. The minimum Gasteiger partial charge on any atom is -0.463 e. The third-order valence-electron chi connectivity index (χ3n) is 4.11. The lowest BCUT2D eigenvalue weighted by atomic mass is 10.0. The van der Waals surface area contributed by atoms with Gasteiger partial charge in [0.2, 0.25) is 5.95 Å². The van der Waals surface area contributed by atoms with Crippen molar-refractivity contribution in [1.29, 1.82) is 0 Å². The number of nitrogens with one attached hydrogen (secondary N) is 1. The largest absolute Gasteiger partial charge is 0.463 e. The summed E-state index contributed by atoms with van der Waals surface area (Å²) in [6, 6.07) is 0. The van der Waals surface area contributed by atoms with E-state index in [0.29, 0.717) is 17.0 Å². The number of anilines is 2. The fourth-order valence-corrected chi connectivity index (χ4v) is 2.94. The van der Waals surface area contributed by atoms with Crippen LogP contribution in [0.25, 0.3) is 11.2 Å². The fraction of sp³-hybridized carbons (Fsp3) is 0.600. The molecule has 3 N–H and O–H groups in total. The molecule has 1 aliphatic rings. The standard InChI is InChI=1S/C15H21FN6O3/c1-4-9(23)24-6-8-5-15(2,16)13(25-8)22-7-19-10-11(18-3)20-14(17)21-12(10)22/h7-8,13H,4-6H2,1-3H3,(H3,17,18,20,21)/t8-,13+,15+/m0/s1. The second-order valence-electron chi connectivity index (χ2n) is 6.13. The normalized spacial score (nSPS) is 26.1. The van der Waals surface area contributed by atoms with Crippen LogP contribution in [0.3, 0.4) is 0 Å². The van der Waals surface area contributed by atoms with E-state index < -0.39 is 18.0 Å². The van der Waals surface area contributed by atoms with Crippen molar-refractivity contribution >= 4 is 28.9 Å². The molecule has 1 aliphatic heterocycles. The molecule has 2 aromatic heterocycles. The topological polar surface area (TPSA) is 117 Å². The first-order valence-electron chi connectivity index (χ1n) is 8.03. The molecular formula is C15H21FN6O3. The first kappa shape index (κ1) is 17.3. The van der Waals surface area contributed by atoms with E-state index in [1.807, 2.05) is 0 Å². The van der Waals surface area contributed by atoms with Crippen LogP contribution in [0, 0.1) is 0 Å². The summed E-state index contributed by atoms with van der Waals surface area (Å²) >= 11 is 0. The van der Waals surface area contributed by atoms with Gasteiger partial charge in [-0.1, -0.05) is 6.92 Å². The van der Waals surface area contributed by atoms with Crippen LogP contribution in [0.1, 0.15) is 32.9 Å². The first-order chi connectivity index (χ1) is 11.9. The summed E-state index contributed by atoms with van der Waals surface area (Å²) in [5.74, 6) is 0.152. The molecule has 9 nitrogen and oxygen atoms in total. The molecule has 0 spiro atoms. The van der Waals surface area contributed by atoms with Crippen LogP contribution in [-0.4, -0.2) is 50.9 Å². The molecule has 0 bridgehead atoms. The highest BCUT2D eigenvalue weighted by molar-refractivity contribution is 5.84. The van der Waals surface area contributed by atoms with Gasteiger partial charge in [0.1, 0.15) is 6.61 Å². The summed E-state index contributed by atoms with van der Waals surface area (Å²) in [7, 11) is 1.68. The predicted octanol–water partition coefficient (Wildman–Crippen LogP) is 1.42. The molecule has 0 amide bonds. The van der Waals surface area contributed by atoms with Crippen LogP contribution in [0.5, 0.6) is 0 Å². The molecule has 0 unspecified atom stereocenters. The van der Waals surface area contributed by atoms with E-state index in [2.05, 4.69) is 20.3 Å². The van der Waals surface area contributed by atoms with Crippen LogP contribution in [-0.2, 0) is 14.3 Å². The van der Waals surface area contributed by atoms with Crippen LogP contribution in [0.2, 0.25) is 0 Å². The molecule has 0 saturated carbocycles. The summed E-state index contributed by atoms with van der Waals surface area (Å²) in [6.07, 6.45) is 0.298. The van der Waals surface area contributed by atoms with E-state index in [1.165, 1.54) is 17.8 Å². The van der Waals surface area contributed by atoms with Crippen LogP contribution in [0.15, 0.2) is 6.33 Å². The first-order valence-corrected chi connectivity index (χ1v) is 8.03. The van der Waals surface area contributed by atoms with Crippen molar-refractivity contribution in [3.8, 4) is 0 Å². The number of alkyl halides is 1. The van der Waals surface area contributed by atoms with Gasteiger partial charge in [0.05, 0.1) is 12.4 Å². The van der Waals surface area contributed by atoms with Gasteiger partial charge in [0, 0.05) is 19.9 Å². The highest BCUT2D eigenvalue weighted by Gasteiger charge is 2.48. The Morgan fingerprint density at radius 1 is 1.60 bits per heavy atom. The molecule has 0 radical (unpaired) electrons. The fourth-order valence-electron chi connectivity index (χ4n) is 2.94. The molecule has 2 aromatic rings. The molecule has 136 valence electrons. The number of carbonyl (C=O) groups is 1. The Morgan fingerprint density at radius 3 is 3.04 bits per heavy atom. The molecule has 3 heterocycles. The van der Waals surface area contributed by atoms with Gasteiger partial charge in [0.15, 0.2) is 28.9 Å². The van der Waals surface area contributed by atoms with Gasteiger partial charge in [-0.3, -0.25) is 9.36 Å². The number of carbonyl (C=O) groups excluding carboxylic acids is 1. The number of halogens is 1. The number of hydrogen-bond acceptors (Lipinski definition) is 8. The lowest BCUT2D eigenvalue weighted by Crippen LogP contribution is -2.27. The van der Waals surface area contributed by atoms with Gasteiger partial charge < -0.3 is 20.5 Å². The number of fused-ring (bicyclic) bond motifs is 1. The Hall–Kier alpha value is -2.49. The summed E-state index contributed by atoms with van der Waals surface area (Å²) < 4.78 is 27.5. The molecule has 1 fully saturated rings. The maximum atomic E-state index is 15.1. The zero-order valence-corrected chi connectivity index (χ0v) is 14.3. The minimum atomic E-state index is -1.68. The number of ether oxygens (including phenoxy) is 2. The molecule has 0 aliphatic carbocycles. The van der Waals surface area contributed by atoms with E-state index in [4.69, 9.17) is 15.2 Å². The zero-order valence-electron chi connectivity index (χ0n) is 14.3. The number of nitrogen functional groups attached to an aromatic ring is 1. The molecule has 10 heteroatoms. The smallest absolute Gasteiger partial charge is 0.305 e. The monoisotopic (exact) mass is 352 g/mol. The van der Waals surface area contributed by atoms with E-state index in [-0.39, 0.29) is 31.4 Å². The lowest BCUT2D eigenvalue weighted by Gasteiger charge is -2.22. The SMILES string of the molecule is CCC(=O)OC[C@@H]1C[C@@](C)(F)[C@H](n2cnc3c(NC)nc(N)nc32)O1. The van der Waals surface area contributed by atoms with E-state index in [9.17, 15) is 4.79 Å². The van der Waals surface area contributed by atoms with Gasteiger partial charge in [0.25, 0.3) is 0 Å². The molecule has 3 atom stereocenters. The van der Waals surface area contributed by atoms with Crippen LogP contribution in [0.4, 0.5) is 16.2 Å². The summed E-state index contributed by atoms with van der Waals surface area (Å²) in [5.41, 5.74) is 4.88. The number of hydrogen-bond donors (Lipinski definition) is 2. The number of nitrogens with zero attached hydrogens (tertiary/aromatic N) is 4. The molecule has 3 rings (SSSR count). The van der Waals surface area contributed by atoms with E-state index in [0.717, 1.165) is 0 Å². The molecule has 1 saturated heterocycles. The van der Waals surface area contributed by atoms with Gasteiger partial charge in [-0.25, -0.2) is 9.37 Å². The Kier molecular flexibility index (Phi) is 4.46. The summed E-state index contributed by atoms with van der Waals surface area (Å²) in [5, 5.41) is 2.88. The average molecular weight is 352 g/mol. The number of esters is 1. The molecular weight excluding hydrogens is 331 g/mol. The van der Waals surface area contributed by atoms with E-state index in [1.54, 1.807) is 14.0 Å². The second-order valence-corrected chi connectivity index (χ2v) is 6.13. The summed E-state index contributed by atoms with van der Waals surface area (Å²) in [4.78, 5) is 23.8. The Bertz CT molecular complexity index is 793.